The van der Waals surface area contributed by atoms with Crippen LogP contribution in [0.2, 0.25) is 10.0 Å². The van der Waals surface area contributed by atoms with E-state index in [9.17, 15) is 8.42 Å². The first-order valence-corrected chi connectivity index (χ1v) is 7.51. The van der Waals surface area contributed by atoms with Crippen molar-refractivity contribution in [2.45, 2.75) is 4.90 Å². The van der Waals surface area contributed by atoms with Gasteiger partial charge in [0.2, 0.25) is 10.0 Å². The van der Waals surface area contributed by atoms with Crippen molar-refractivity contribution in [3.63, 3.8) is 0 Å². The molecule has 1 aromatic carbocycles. The van der Waals surface area contributed by atoms with Crippen LogP contribution in [0.4, 0.5) is 5.69 Å². The number of hydrogen-bond acceptors (Lipinski definition) is 5. The summed E-state index contributed by atoms with van der Waals surface area (Å²) >= 11 is 11.6. The van der Waals surface area contributed by atoms with Gasteiger partial charge in [0.05, 0.1) is 28.9 Å². The highest BCUT2D eigenvalue weighted by molar-refractivity contribution is 7.89. The Morgan fingerprint density at radius 1 is 1.16 bits per heavy atom. The minimum Gasteiger partial charge on any atom is -0.396 e. The zero-order valence-electron chi connectivity index (χ0n) is 9.88. The number of halogens is 2. The molecule has 0 aliphatic carbocycles. The van der Waals surface area contributed by atoms with E-state index in [0.717, 1.165) is 4.31 Å². The molecule has 0 spiro atoms. The van der Waals surface area contributed by atoms with Crippen LogP contribution in [-0.2, 0) is 10.0 Å². The normalized spacial score (nSPS) is 12.1. The molecule has 0 fully saturated rings. The molecular weight excluding hydrogens is 315 g/mol. The number of nitrogens with zero attached hydrogens (tertiary/aromatic N) is 1. The number of nitrogens with two attached hydrogens (primary N) is 1. The van der Waals surface area contributed by atoms with Gasteiger partial charge in [0.1, 0.15) is 4.90 Å². The third-order valence-corrected chi connectivity index (χ3v) is 5.20. The monoisotopic (exact) mass is 328 g/mol. The van der Waals surface area contributed by atoms with Crippen molar-refractivity contribution < 1.29 is 18.6 Å². The lowest BCUT2D eigenvalue weighted by Gasteiger charge is -2.21. The molecule has 0 radical (unpaired) electrons. The van der Waals surface area contributed by atoms with Crippen LogP contribution >= 0.6 is 23.2 Å². The Morgan fingerprint density at radius 3 is 2.16 bits per heavy atom. The molecule has 108 valence electrons. The fourth-order valence-electron chi connectivity index (χ4n) is 1.46. The Labute approximate surface area is 121 Å². The van der Waals surface area contributed by atoms with Gasteiger partial charge in [-0.2, -0.15) is 4.31 Å². The fraction of sp³-hybridized carbons (Fsp3) is 0.400. The van der Waals surface area contributed by atoms with Crippen LogP contribution < -0.4 is 5.73 Å². The summed E-state index contributed by atoms with van der Waals surface area (Å²) in [5.41, 5.74) is 5.55. The smallest absolute Gasteiger partial charge is 0.244 e. The summed E-state index contributed by atoms with van der Waals surface area (Å²) in [7, 11) is -3.95. The molecule has 0 aliphatic heterocycles. The summed E-state index contributed by atoms with van der Waals surface area (Å²) in [5.74, 6) is 0. The molecule has 1 rings (SSSR count). The quantitative estimate of drug-likeness (QED) is 0.661. The van der Waals surface area contributed by atoms with Crippen molar-refractivity contribution in [2.24, 2.45) is 0 Å². The zero-order valence-corrected chi connectivity index (χ0v) is 12.2. The number of aliphatic hydroxyl groups is 2. The fourth-order valence-corrected chi connectivity index (χ4v) is 3.62. The van der Waals surface area contributed by atoms with E-state index in [1.54, 1.807) is 0 Å². The van der Waals surface area contributed by atoms with Crippen LogP contribution in [0.3, 0.4) is 0 Å². The van der Waals surface area contributed by atoms with Gasteiger partial charge in [-0.05, 0) is 12.1 Å². The van der Waals surface area contributed by atoms with E-state index in [1.807, 2.05) is 0 Å². The van der Waals surface area contributed by atoms with Gasteiger partial charge in [-0.15, -0.1) is 0 Å². The Balaban J connectivity index is 3.29. The van der Waals surface area contributed by atoms with E-state index in [4.69, 9.17) is 39.1 Å². The highest BCUT2D eigenvalue weighted by Gasteiger charge is 2.27. The minimum absolute atomic E-state index is 0.0302. The van der Waals surface area contributed by atoms with E-state index >= 15 is 0 Å². The largest absolute Gasteiger partial charge is 0.396 e. The lowest BCUT2D eigenvalue weighted by atomic mass is 10.3. The predicted octanol–water partition coefficient (Wildman–Crippen LogP) is 0.551. The van der Waals surface area contributed by atoms with Gasteiger partial charge in [-0.25, -0.2) is 8.42 Å². The van der Waals surface area contributed by atoms with Gasteiger partial charge in [0.15, 0.2) is 0 Å². The SMILES string of the molecule is Nc1c(Cl)ccc(S(=O)(=O)N(CCO)CCO)c1Cl. The number of anilines is 1. The van der Waals surface area contributed by atoms with Crippen molar-refractivity contribution in [1.82, 2.24) is 4.31 Å². The maximum Gasteiger partial charge on any atom is 0.244 e. The third-order valence-electron chi connectivity index (χ3n) is 2.41. The molecule has 0 heterocycles. The summed E-state index contributed by atoms with van der Waals surface area (Å²) in [4.78, 5) is -0.210. The van der Waals surface area contributed by atoms with Gasteiger partial charge in [-0.3, -0.25) is 0 Å². The van der Waals surface area contributed by atoms with E-state index in [2.05, 4.69) is 0 Å². The molecule has 19 heavy (non-hydrogen) atoms. The van der Waals surface area contributed by atoms with Crippen molar-refractivity contribution in [1.29, 1.82) is 0 Å². The highest BCUT2D eigenvalue weighted by Crippen LogP contribution is 2.34. The number of nitrogen functional groups attached to an aromatic ring is 1. The number of sulfonamides is 1. The number of rotatable bonds is 6. The molecule has 4 N–H and O–H groups in total. The first-order chi connectivity index (χ1) is 8.86. The molecule has 0 bridgehead atoms. The van der Waals surface area contributed by atoms with Gasteiger partial charge in [0.25, 0.3) is 0 Å². The van der Waals surface area contributed by atoms with E-state index in [0.29, 0.717) is 0 Å². The lowest BCUT2D eigenvalue weighted by Crippen LogP contribution is -2.36. The summed E-state index contributed by atoms with van der Waals surface area (Å²) < 4.78 is 25.6. The Hall–Kier alpha value is -0.570. The highest BCUT2D eigenvalue weighted by atomic mass is 35.5. The van der Waals surface area contributed by atoms with Crippen molar-refractivity contribution in [3.05, 3.63) is 22.2 Å². The molecular formula is C10H14Cl2N2O4S. The summed E-state index contributed by atoms with van der Waals surface area (Å²) in [5, 5.41) is 17.7. The molecule has 6 nitrogen and oxygen atoms in total. The molecule has 1 aromatic rings. The number of hydrogen-bond donors (Lipinski definition) is 3. The summed E-state index contributed by atoms with van der Waals surface area (Å²) in [6.45, 7) is -1.05. The predicted molar refractivity (Wildman–Crippen MR) is 73.8 cm³/mol. The molecule has 0 saturated heterocycles. The average molecular weight is 329 g/mol. The molecule has 0 unspecified atom stereocenters. The standard InChI is InChI=1S/C10H14Cl2N2O4S/c11-7-1-2-8(9(12)10(7)13)19(17,18)14(3-5-15)4-6-16/h1-2,15-16H,3-6,13H2. The topological polar surface area (TPSA) is 104 Å². The van der Waals surface area contributed by atoms with E-state index in [1.165, 1.54) is 12.1 Å². The number of benzene rings is 1. The summed E-state index contributed by atoms with van der Waals surface area (Å²) in [6, 6.07) is 2.56. The van der Waals surface area contributed by atoms with Crippen molar-refractivity contribution in [2.75, 3.05) is 32.0 Å². The Kier molecular flexibility index (Phi) is 5.84. The van der Waals surface area contributed by atoms with E-state index in [-0.39, 0.29) is 46.9 Å². The van der Waals surface area contributed by atoms with Crippen molar-refractivity contribution >= 4 is 38.9 Å². The maximum atomic E-state index is 12.3. The Bertz CT molecular complexity index is 545. The van der Waals surface area contributed by atoms with Gasteiger partial charge in [0, 0.05) is 13.1 Å². The maximum absolute atomic E-state index is 12.3. The Morgan fingerprint density at radius 2 is 1.68 bits per heavy atom. The van der Waals surface area contributed by atoms with E-state index < -0.39 is 10.0 Å². The molecule has 0 aliphatic rings. The second-order valence-corrected chi connectivity index (χ2v) is 6.32. The van der Waals surface area contributed by atoms with Crippen LogP contribution in [0.1, 0.15) is 0 Å². The molecule has 0 amide bonds. The second kappa shape index (κ2) is 6.74. The summed E-state index contributed by atoms with van der Waals surface area (Å²) in [6.07, 6.45) is 0. The molecule has 0 saturated carbocycles. The number of aliphatic hydroxyl groups excluding tert-OH is 2. The second-order valence-electron chi connectivity index (χ2n) is 3.62. The van der Waals surface area contributed by atoms with Crippen LogP contribution in [-0.4, -0.2) is 49.2 Å². The van der Waals surface area contributed by atoms with Crippen LogP contribution in [0.25, 0.3) is 0 Å². The molecule has 9 heteroatoms. The molecule has 0 aromatic heterocycles. The average Bonchev–Trinajstić information content (AvgIpc) is 2.35. The molecule has 0 atom stereocenters. The van der Waals surface area contributed by atoms with Gasteiger partial charge < -0.3 is 15.9 Å². The van der Waals surface area contributed by atoms with Crippen LogP contribution in [0.15, 0.2) is 17.0 Å². The third kappa shape index (κ3) is 3.50. The van der Waals surface area contributed by atoms with Gasteiger partial charge in [-0.1, -0.05) is 23.2 Å². The van der Waals surface area contributed by atoms with Crippen LogP contribution in [0.5, 0.6) is 0 Å². The first kappa shape index (κ1) is 16.5. The van der Waals surface area contributed by atoms with Crippen molar-refractivity contribution in [3.8, 4) is 0 Å². The zero-order chi connectivity index (χ0) is 14.6. The minimum atomic E-state index is -3.95. The van der Waals surface area contributed by atoms with Crippen LogP contribution in [0, 0.1) is 0 Å². The first-order valence-electron chi connectivity index (χ1n) is 5.31. The van der Waals surface area contributed by atoms with Gasteiger partial charge >= 0.3 is 0 Å². The lowest BCUT2D eigenvalue weighted by molar-refractivity contribution is 0.217.